The van der Waals surface area contributed by atoms with Gasteiger partial charge in [0.05, 0.1) is 124 Å². The normalized spacial score (nSPS) is 16.0. The maximum atomic E-state index is 12.2. The first-order chi connectivity index (χ1) is 63.2. The molecule has 0 fully saturated rings. The van der Waals surface area contributed by atoms with Crippen LogP contribution >= 0.6 is 0 Å². The van der Waals surface area contributed by atoms with Gasteiger partial charge in [-0.25, -0.2) is 39.4 Å². The summed E-state index contributed by atoms with van der Waals surface area (Å²) in [7, 11) is 9.99. The van der Waals surface area contributed by atoms with Crippen molar-refractivity contribution in [2.75, 3.05) is 42.4 Å². The average Bonchev–Trinajstić information content (AvgIpc) is 1.30. The number of carbonyl (C=O) groups is 2. The van der Waals surface area contributed by atoms with Crippen molar-refractivity contribution in [1.29, 1.82) is 36.8 Å². The molecule has 5 unspecified atom stereocenters. The number of nitrogens with one attached hydrogen (secondary N) is 3. The number of ether oxygens (including phenoxy) is 2. The fraction of sp³-hybridized carbons (Fsp3) is 0.293. The maximum absolute atomic E-state index is 12.2. The SMILES string of the molecule is CN=Cc1ncc2n1C(c1ccc(C#N)cc1)CCC2.CNC(=O)OC(c1ccc(C#N)cc1)(c1ccc(C#N)cc1)n1cncn1.CNC(=O)c1ncc2n1C(c1ccc(C#N)cc1)CCC2.CNCc1ncc2n1C(c1ccc(C#N)cc1)CCC2.CO/N=C/c1ncc2n1C(c1ccc(C#N)cc1)CCC2.COCc1ncc2n1C(c1ccc(C#N)cc1)CCC2. The average molecular weight is 1720 g/mol. The second-order valence-electron chi connectivity index (χ2n) is 31.0. The van der Waals surface area contributed by atoms with E-state index >= 15 is 0 Å². The van der Waals surface area contributed by atoms with E-state index in [1.165, 1.54) is 95.8 Å². The Labute approximate surface area is 749 Å². The van der Waals surface area contributed by atoms with Crippen molar-refractivity contribution in [3.05, 3.63) is 349 Å². The second-order valence-corrected chi connectivity index (χ2v) is 31.0. The number of hydrogen-bond acceptors (Lipinski definition) is 22. The lowest BCUT2D eigenvalue weighted by atomic mass is 9.92. The zero-order chi connectivity index (χ0) is 90.6. The lowest BCUT2D eigenvalue weighted by Gasteiger charge is -2.34. The fourth-order valence-electron chi connectivity index (χ4n) is 17.3. The second kappa shape index (κ2) is 44.0. The van der Waals surface area contributed by atoms with Gasteiger partial charge in [-0.15, -0.1) is 0 Å². The summed E-state index contributed by atoms with van der Waals surface area (Å²) in [5.41, 5.74) is 16.2. The van der Waals surface area contributed by atoms with Crippen LogP contribution in [-0.4, -0.2) is 129 Å². The molecular formula is C99H97N25O5. The van der Waals surface area contributed by atoms with Crippen LogP contribution in [0.4, 0.5) is 4.79 Å². The number of nitrogens with zero attached hydrogens (tertiary/aromatic N) is 22. The van der Waals surface area contributed by atoms with E-state index in [1.807, 2.05) is 140 Å². The summed E-state index contributed by atoms with van der Waals surface area (Å²) < 4.78 is 23.6. The van der Waals surface area contributed by atoms with Crippen LogP contribution in [0.2, 0.25) is 0 Å². The Morgan fingerprint density at radius 2 is 0.767 bits per heavy atom. The Balaban J connectivity index is 0.000000133. The number of amides is 2. The monoisotopic (exact) mass is 1720 g/mol. The van der Waals surface area contributed by atoms with Gasteiger partial charge in [0.25, 0.3) is 11.6 Å². The van der Waals surface area contributed by atoms with E-state index in [4.69, 9.17) is 51.1 Å². The molecule has 30 nitrogen and oxygen atoms in total. The summed E-state index contributed by atoms with van der Waals surface area (Å²) in [6.07, 6.45) is 31.5. The van der Waals surface area contributed by atoms with Gasteiger partial charge in [0.1, 0.15) is 44.2 Å². The van der Waals surface area contributed by atoms with Crippen LogP contribution in [0.15, 0.2) is 224 Å². The van der Waals surface area contributed by atoms with Gasteiger partial charge in [0.15, 0.2) is 17.5 Å². The van der Waals surface area contributed by atoms with Gasteiger partial charge in [0.2, 0.25) is 0 Å². The summed E-state index contributed by atoms with van der Waals surface area (Å²) in [6.45, 7) is 1.32. The topological polar surface area (TPSA) is 409 Å². The van der Waals surface area contributed by atoms with Crippen LogP contribution in [0.1, 0.15) is 235 Å². The lowest BCUT2D eigenvalue weighted by molar-refractivity contribution is 0.00751. The number of aryl methyl sites for hydroxylation is 5. The van der Waals surface area contributed by atoms with Gasteiger partial charge < -0.3 is 53.1 Å². The molecule has 0 spiro atoms. The Morgan fingerprint density at radius 1 is 0.434 bits per heavy atom. The number of imidazole rings is 5. The summed E-state index contributed by atoms with van der Waals surface area (Å²) in [4.78, 5) is 59.2. The van der Waals surface area contributed by atoms with E-state index in [0.717, 1.165) is 118 Å². The first kappa shape index (κ1) is 90.7. The molecule has 5 atom stereocenters. The molecule has 6 aromatic heterocycles. The van der Waals surface area contributed by atoms with Crippen LogP contribution in [0.5, 0.6) is 0 Å². The van der Waals surface area contributed by atoms with Crippen molar-refractivity contribution >= 4 is 24.4 Å². The van der Waals surface area contributed by atoms with Crippen molar-refractivity contribution in [2.24, 2.45) is 10.1 Å². The molecule has 129 heavy (non-hydrogen) atoms. The number of nitriles is 7. The first-order valence-electron chi connectivity index (χ1n) is 42.6. The van der Waals surface area contributed by atoms with E-state index in [2.05, 4.69) is 146 Å². The Bertz CT molecular complexity index is 6180. The molecule has 0 aliphatic carbocycles. The molecule has 0 saturated heterocycles. The van der Waals surface area contributed by atoms with Gasteiger partial charge in [-0.1, -0.05) is 90.1 Å². The number of fused-ring (bicyclic) bond motifs is 5. The number of carbonyl (C=O) groups excluding carboxylic acids is 2. The van der Waals surface area contributed by atoms with Crippen LogP contribution in [-0.2, 0) is 65.3 Å². The number of oxime groups is 1. The Kier molecular flexibility index (Phi) is 30.9. The summed E-state index contributed by atoms with van der Waals surface area (Å²) in [5, 5.41) is 78.9. The fourth-order valence-corrected chi connectivity index (χ4v) is 17.3. The molecular weight excluding hydrogens is 1620 g/mol. The van der Waals surface area contributed by atoms with Crippen LogP contribution < -0.4 is 16.0 Å². The number of methoxy groups -OCH3 is 1. The van der Waals surface area contributed by atoms with Crippen molar-refractivity contribution in [2.45, 2.75) is 145 Å². The smallest absolute Gasteiger partial charge is 0.409 e. The predicted molar refractivity (Wildman–Crippen MR) is 481 cm³/mol. The molecule has 5 aliphatic heterocycles. The summed E-state index contributed by atoms with van der Waals surface area (Å²) >= 11 is 0. The van der Waals surface area contributed by atoms with Crippen LogP contribution in [0.25, 0.3) is 0 Å². The van der Waals surface area contributed by atoms with Gasteiger partial charge >= 0.3 is 6.09 Å². The minimum Gasteiger partial charge on any atom is -0.412 e. The molecule has 2 amide bonds. The lowest BCUT2D eigenvalue weighted by Crippen LogP contribution is -2.43. The quantitative estimate of drug-likeness (QED) is 0.0563. The highest BCUT2D eigenvalue weighted by atomic mass is 16.6. The highest BCUT2D eigenvalue weighted by Crippen LogP contribution is 2.40. The third kappa shape index (κ3) is 21.0. The minimum atomic E-state index is -1.47. The Hall–Kier alpha value is -16.0. The molecule has 7 aromatic carbocycles. The van der Waals surface area contributed by atoms with E-state index in [0.29, 0.717) is 80.6 Å². The minimum absolute atomic E-state index is 0.108. The molecule has 11 heterocycles. The number of rotatable bonds is 17. The highest BCUT2D eigenvalue weighted by Gasteiger charge is 2.42. The molecule has 18 rings (SSSR count). The van der Waals surface area contributed by atoms with Gasteiger partial charge in [0, 0.05) is 98.8 Å². The zero-order valence-electron chi connectivity index (χ0n) is 72.6. The predicted octanol–water partition coefficient (Wildman–Crippen LogP) is 14.8. The molecule has 648 valence electrons. The number of aromatic nitrogens is 13. The molecule has 0 bridgehead atoms. The molecule has 0 radical (unpaired) electrons. The van der Waals surface area contributed by atoms with Crippen molar-refractivity contribution in [3.63, 3.8) is 0 Å². The largest absolute Gasteiger partial charge is 0.412 e. The van der Waals surface area contributed by atoms with Gasteiger partial charge in [-0.3, -0.25) is 9.79 Å². The summed E-state index contributed by atoms with van der Waals surface area (Å²) in [5.74, 6) is 4.09. The van der Waals surface area contributed by atoms with Crippen LogP contribution in [0.3, 0.4) is 0 Å². The zero-order valence-corrected chi connectivity index (χ0v) is 72.6. The number of hydrogen-bond donors (Lipinski definition) is 3. The molecule has 5 aliphatic rings. The first-order valence-corrected chi connectivity index (χ1v) is 42.6. The molecule has 3 N–H and O–H groups in total. The maximum Gasteiger partial charge on any atom is 0.409 e. The van der Waals surface area contributed by atoms with Crippen LogP contribution in [0, 0.1) is 79.3 Å². The highest BCUT2D eigenvalue weighted by molar-refractivity contribution is 5.90. The number of benzene rings is 7. The van der Waals surface area contributed by atoms with Gasteiger partial charge in [-0.2, -0.15) is 41.9 Å². The molecule has 13 aromatic rings. The van der Waals surface area contributed by atoms with Crippen molar-refractivity contribution in [3.8, 4) is 42.5 Å². The van der Waals surface area contributed by atoms with E-state index in [1.54, 1.807) is 82.1 Å². The van der Waals surface area contributed by atoms with Gasteiger partial charge in [-0.05, 0) is 216 Å². The number of alkyl carbamates (subject to hydrolysis) is 1. The molecule has 0 saturated carbocycles. The standard InChI is InChI=1S/C19H14N6O2.2C16H16N4O.C16H18N4.C16H16N4.C16H17N3O/c1-22-18(26)27-19(25-13-23-12-24-25,16-6-2-14(10-20)3-7-16)17-8-4-15(11-21)5-9-17;1-21-19-11-16-18-10-14-3-2-4-15(20(14)16)13-7-5-12(9-17)6-8-13;1-18-16(21)15-19-10-13-3-2-4-14(20(13)15)12-7-5-11(9-17)6-8-12;2*1-18-11-16-19-10-14-3-2-4-15(20(14)16)13-7-5-12(9-17)6-8-13;1-20-11-16-18-10-14-3-2-4-15(19(14)16)13-7-5-12(9-17)6-8-13/h2-9,12-13H,1H3,(H,22,26);5-8,10-11,15H,2-4H2,1H3;5-8,10,14H,2-4H2,1H3,(H,18,21);5-8,10,15,18H,2-4,11H2,1H3;5-8,10-11,15H,2-4H2,1H3;5-8,10,15H,2-4,11H2,1H3/b;19-11+;;;;. The van der Waals surface area contributed by atoms with E-state index in [-0.39, 0.29) is 18.0 Å². The van der Waals surface area contributed by atoms with E-state index < -0.39 is 11.8 Å². The van der Waals surface area contributed by atoms with Crippen molar-refractivity contribution < 1.29 is 23.9 Å². The Morgan fingerprint density at radius 3 is 1.11 bits per heavy atom. The van der Waals surface area contributed by atoms with E-state index in [9.17, 15) is 9.59 Å². The van der Waals surface area contributed by atoms with Crippen molar-refractivity contribution in [1.82, 2.24) is 78.5 Å². The summed E-state index contributed by atoms with van der Waals surface area (Å²) in [6, 6.07) is 68.4. The third-order valence-electron chi connectivity index (χ3n) is 23.4. The number of aliphatic imine (C=N–C) groups is 1. The molecule has 30 heteroatoms. The third-order valence-corrected chi connectivity index (χ3v) is 23.4.